The van der Waals surface area contributed by atoms with Gasteiger partial charge in [-0.05, 0) is 25.3 Å². The van der Waals surface area contributed by atoms with Crippen LogP contribution in [0, 0.1) is 0 Å². The molecule has 2 heterocycles. The third kappa shape index (κ3) is 4.18. The fraction of sp³-hybridized carbons (Fsp3) is 0.562. The molecule has 0 amide bonds. The Labute approximate surface area is 148 Å². The van der Waals surface area contributed by atoms with Gasteiger partial charge in [0.15, 0.2) is 17.5 Å². The summed E-state index contributed by atoms with van der Waals surface area (Å²) in [6.07, 6.45) is 4.61. The van der Waals surface area contributed by atoms with Crippen LogP contribution in [0.4, 0.5) is 0 Å². The van der Waals surface area contributed by atoms with Crippen LogP contribution in [0.3, 0.4) is 0 Å². The number of halogens is 1. The number of ether oxygens (including phenoxy) is 2. The van der Waals surface area contributed by atoms with Crippen LogP contribution < -0.4 is 15.2 Å². The second kappa shape index (κ2) is 8.45. The number of fused-ring (bicyclic) bond motifs is 1. The predicted octanol–water partition coefficient (Wildman–Crippen LogP) is 2.77. The molecule has 3 rings (SSSR count). The van der Waals surface area contributed by atoms with Crippen LogP contribution >= 0.6 is 24.0 Å². The van der Waals surface area contributed by atoms with Gasteiger partial charge in [-0.3, -0.25) is 0 Å². The van der Waals surface area contributed by atoms with Crippen molar-refractivity contribution in [3.63, 3.8) is 0 Å². The molecule has 0 spiro atoms. The fourth-order valence-electron chi connectivity index (χ4n) is 2.77. The molecule has 1 fully saturated rings. The van der Waals surface area contributed by atoms with E-state index in [2.05, 4.69) is 9.89 Å². The molecular formula is C16H24IN3O2. The van der Waals surface area contributed by atoms with Crippen LogP contribution in [0.5, 0.6) is 11.5 Å². The first-order valence-corrected chi connectivity index (χ1v) is 7.77. The second-order valence-corrected chi connectivity index (χ2v) is 5.52. The summed E-state index contributed by atoms with van der Waals surface area (Å²) in [6, 6.07) is 5.96. The first-order valence-electron chi connectivity index (χ1n) is 7.77. The zero-order valence-electron chi connectivity index (χ0n) is 12.8. The third-order valence-corrected chi connectivity index (χ3v) is 3.94. The predicted molar refractivity (Wildman–Crippen MR) is 98.2 cm³/mol. The molecule has 22 heavy (non-hydrogen) atoms. The van der Waals surface area contributed by atoms with Crippen molar-refractivity contribution in [2.24, 2.45) is 10.7 Å². The SMILES string of the molecule is I.NC(=NCc1cccc2c1OCCCO2)N1CCCCC1. The number of guanidine groups is 1. The monoisotopic (exact) mass is 417 g/mol. The molecule has 2 aliphatic rings. The van der Waals surface area contributed by atoms with E-state index in [4.69, 9.17) is 15.2 Å². The van der Waals surface area contributed by atoms with Crippen LogP contribution in [0.15, 0.2) is 23.2 Å². The summed E-state index contributed by atoms with van der Waals surface area (Å²) in [4.78, 5) is 6.71. The number of hydrogen-bond acceptors (Lipinski definition) is 3. The number of hydrogen-bond donors (Lipinski definition) is 1. The highest BCUT2D eigenvalue weighted by Crippen LogP contribution is 2.33. The van der Waals surface area contributed by atoms with Gasteiger partial charge in [-0.15, -0.1) is 24.0 Å². The molecule has 0 unspecified atom stereocenters. The van der Waals surface area contributed by atoms with E-state index in [1.54, 1.807) is 0 Å². The molecule has 0 bridgehead atoms. The Kier molecular flexibility index (Phi) is 6.60. The Morgan fingerprint density at radius 3 is 2.68 bits per heavy atom. The van der Waals surface area contributed by atoms with E-state index in [-0.39, 0.29) is 24.0 Å². The highest BCUT2D eigenvalue weighted by Gasteiger charge is 2.15. The number of rotatable bonds is 2. The minimum Gasteiger partial charge on any atom is -0.490 e. The average Bonchev–Trinajstić information content (AvgIpc) is 2.79. The Morgan fingerprint density at radius 1 is 1.09 bits per heavy atom. The molecule has 1 aromatic rings. The van der Waals surface area contributed by atoms with Crippen molar-refractivity contribution >= 4 is 29.9 Å². The Bertz CT molecular complexity index is 516. The van der Waals surface area contributed by atoms with Crippen LogP contribution in [-0.4, -0.2) is 37.2 Å². The van der Waals surface area contributed by atoms with Gasteiger partial charge in [0.25, 0.3) is 0 Å². The molecule has 6 heteroatoms. The van der Waals surface area contributed by atoms with Crippen molar-refractivity contribution in [1.29, 1.82) is 0 Å². The highest BCUT2D eigenvalue weighted by atomic mass is 127. The van der Waals surface area contributed by atoms with Gasteiger partial charge in [-0.1, -0.05) is 12.1 Å². The van der Waals surface area contributed by atoms with Crippen LogP contribution in [0.1, 0.15) is 31.2 Å². The molecule has 0 aromatic heterocycles. The van der Waals surface area contributed by atoms with Gasteiger partial charge >= 0.3 is 0 Å². The summed E-state index contributed by atoms with van der Waals surface area (Å²) >= 11 is 0. The Balaban J connectivity index is 0.00000176. The topological polar surface area (TPSA) is 60.1 Å². The molecule has 0 atom stereocenters. The summed E-state index contributed by atoms with van der Waals surface area (Å²) in [5, 5.41) is 0. The molecule has 0 saturated carbocycles. The molecule has 5 nitrogen and oxygen atoms in total. The molecule has 0 aliphatic carbocycles. The largest absolute Gasteiger partial charge is 0.490 e. The van der Waals surface area contributed by atoms with Crippen molar-refractivity contribution in [2.75, 3.05) is 26.3 Å². The lowest BCUT2D eigenvalue weighted by molar-refractivity contribution is 0.296. The molecule has 1 aromatic carbocycles. The van der Waals surface area contributed by atoms with Crippen molar-refractivity contribution in [3.8, 4) is 11.5 Å². The average molecular weight is 417 g/mol. The maximum absolute atomic E-state index is 6.11. The van der Waals surface area contributed by atoms with Gasteiger partial charge in [0.2, 0.25) is 0 Å². The quantitative estimate of drug-likeness (QED) is 0.457. The van der Waals surface area contributed by atoms with Gasteiger partial charge in [0.1, 0.15) is 0 Å². The van der Waals surface area contributed by atoms with Gasteiger partial charge in [0.05, 0.1) is 19.8 Å². The van der Waals surface area contributed by atoms with E-state index < -0.39 is 0 Å². The highest BCUT2D eigenvalue weighted by molar-refractivity contribution is 14.0. The minimum atomic E-state index is 0. The summed E-state index contributed by atoms with van der Waals surface area (Å²) in [7, 11) is 0. The smallest absolute Gasteiger partial charge is 0.191 e. The second-order valence-electron chi connectivity index (χ2n) is 5.52. The number of para-hydroxylation sites is 1. The van der Waals surface area contributed by atoms with E-state index >= 15 is 0 Å². The van der Waals surface area contributed by atoms with Crippen LogP contribution in [0.2, 0.25) is 0 Å². The minimum absolute atomic E-state index is 0. The van der Waals surface area contributed by atoms with E-state index in [0.717, 1.165) is 36.6 Å². The first-order chi connectivity index (χ1) is 10.3. The molecule has 122 valence electrons. The lowest BCUT2D eigenvalue weighted by Crippen LogP contribution is -2.40. The van der Waals surface area contributed by atoms with Gasteiger partial charge in [0, 0.05) is 25.1 Å². The van der Waals surface area contributed by atoms with Crippen LogP contribution in [-0.2, 0) is 6.54 Å². The Hall–Kier alpha value is -1.18. The first kappa shape index (κ1) is 17.2. The third-order valence-electron chi connectivity index (χ3n) is 3.94. The van der Waals surface area contributed by atoms with Gasteiger partial charge in [-0.25, -0.2) is 4.99 Å². The number of likely N-dealkylation sites (tertiary alicyclic amines) is 1. The maximum Gasteiger partial charge on any atom is 0.191 e. The van der Waals surface area contributed by atoms with E-state index in [9.17, 15) is 0 Å². The maximum atomic E-state index is 6.11. The van der Waals surface area contributed by atoms with Crippen molar-refractivity contribution in [1.82, 2.24) is 4.90 Å². The molecular weight excluding hydrogens is 393 g/mol. The lowest BCUT2D eigenvalue weighted by atomic mass is 10.1. The summed E-state index contributed by atoms with van der Waals surface area (Å²) < 4.78 is 11.5. The van der Waals surface area contributed by atoms with Crippen LogP contribution in [0.25, 0.3) is 0 Å². The molecule has 2 N–H and O–H groups in total. The Morgan fingerprint density at radius 2 is 1.86 bits per heavy atom. The van der Waals surface area contributed by atoms with Crippen molar-refractivity contribution in [2.45, 2.75) is 32.2 Å². The zero-order valence-corrected chi connectivity index (χ0v) is 15.1. The number of aliphatic imine (C=N–C) groups is 1. The molecule has 2 aliphatic heterocycles. The fourth-order valence-corrected chi connectivity index (χ4v) is 2.77. The zero-order chi connectivity index (χ0) is 14.5. The molecule has 0 radical (unpaired) electrons. The number of nitrogens with two attached hydrogens (primary N) is 1. The molecule has 1 saturated heterocycles. The van der Waals surface area contributed by atoms with Crippen molar-refractivity contribution < 1.29 is 9.47 Å². The standard InChI is InChI=1S/C16H23N3O2.HI/c17-16(19-8-2-1-3-9-19)18-12-13-6-4-7-14-15(13)21-11-5-10-20-14;/h4,6-7H,1-3,5,8-12H2,(H2,17,18);1H. The van der Waals surface area contributed by atoms with E-state index in [1.807, 2.05) is 18.2 Å². The van der Waals surface area contributed by atoms with Gasteiger partial charge < -0.3 is 20.1 Å². The van der Waals surface area contributed by atoms with E-state index in [1.165, 1.54) is 19.3 Å². The number of benzene rings is 1. The normalized spacial score (nSPS) is 18.4. The van der Waals surface area contributed by atoms with Gasteiger partial charge in [-0.2, -0.15) is 0 Å². The van der Waals surface area contributed by atoms with E-state index in [0.29, 0.717) is 25.7 Å². The van der Waals surface area contributed by atoms with Crippen molar-refractivity contribution in [3.05, 3.63) is 23.8 Å². The summed E-state index contributed by atoms with van der Waals surface area (Å²) in [6.45, 7) is 3.96. The summed E-state index contributed by atoms with van der Waals surface area (Å²) in [5.74, 6) is 2.28. The lowest BCUT2D eigenvalue weighted by Gasteiger charge is -2.27. The number of piperidine rings is 1. The summed E-state index contributed by atoms with van der Waals surface area (Å²) in [5.41, 5.74) is 7.14. The number of nitrogens with zero attached hydrogens (tertiary/aromatic N) is 2.